The van der Waals surface area contributed by atoms with Crippen molar-refractivity contribution in [2.24, 2.45) is 18.1 Å². The minimum Gasteiger partial charge on any atom is -0.468 e. The Bertz CT molecular complexity index is 1760. The number of anilines is 1. The second-order valence-corrected chi connectivity index (χ2v) is 10.4. The number of rotatable bonds is 9. The second kappa shape index (κ2) is 12.0. The lowest BCUT2D eigenvalue weighted by atomic mass is 9.69. The molecule has 3 aromatic rings. The number of para-hydroxylation sites is 1. The van der Waals surface area contributed by atoms with Gasteiger partial charge in [-0.25, -0.2) is 4.79 Å². The fourth-order valence-electron chi connectivity index (χ4n) is 6.20. The van der Waals surface area contributed by atoms with E-state index in [1.807, 2.05) is 47.0 Å². The Hall–Kier alpha value is -5.53. The summed E-state index contributed by atoms with van der Waals surface area (Å²) in [5.74, 6) is -1.81. The minimum atomic E-state index is -0.696. The van der Waals surface area contributed by atoms with Crippen LogP contribution in [0.3, 0.4) is 0 Å². The predicted molar refractivity (Wildman–Crippen MR) is 161 cm³/mol. The summed E-state index contributed by atoms with van der Waals surface area (Å²) in [7, 11) is 6.08. The number of hydrogen-bond donors (Lipinski definition) is 0. The largest absolute Gasteiger partial charge is 0.468 e. The van der Waals surface area contributed by atoms with Gasteiger partial charge in [0.05, 0.1) is 42.7 Å². The van der Waals surface area contributed by atoms with Gasteiger partial charge in [0.15, 0.2) is 0 Å². The lowest BCUT2D eigenvalue weighted by Crippen LogP contribution is -2.41. The zero-order valence-electron chi connectivity index (χ0n) is 24.4. The summed E-state index contributed by atoms with van der Waals surface area (Å²) >= 11 is 0. The number of esters is 2. The van der Waals surface area contributed by atoms with Crippen LogP contribution in [0.15, 0.2) is 71.5 Å². The third kappa shape index (κ3) is 5.25. The maximum Gasteiger partial charge on any atom is 0.330 e. The smallest absolute Gasteiger partial charge is 0.330 e. The van der Waals surface area contributed by atoms with Crippen molar-refractivity contribution in [1.29, 1.82) is 0 Å². The number of allylic oxidation sites excluding steroid dienone is 2. The number of hydrogen-bond acceptors (Lipinski definition) is 11. The van der Waals surface area contributed by atoms with E-state index in [1.54, 1.807) is 12.3 Å². The van der Waals surface area contributed by atoms with Gasteiger partial charge in [-0.2, -0.15) is 5.10 Å². The monoisotopic (exact) mass is 602 g/mol. The number of benzene rings is 2. The molecule has 2 aliphatic rings. The fraction of sp³-hybridized carbons (Fsp3) is 0.300. The molecule has 0 N–H and O–H groups in total. The predicted octanol–water partition coefficient (Wildman–Crippen LogP) is 4.36. The topological polar surface area (TPSA) is 163 Å². The Balaban J connectivity index is 1.55. The number of carbonyl (C=O) groups excluding carboxylic acids is 2. The molecule has 14 nitrogen and oxygen atoms in total. The van der Waals surface area contributed by atoms with Crippen LogP contribution >= 0.6 is 0 Å². The first-order chi connectivity index (χ1) is 21.1. The van der Waals surface area contributed by atoms with E-state index in [0.29, 0.717) is 6.42 Å². The van der Waals surface area contributed by atoms with Crippen molar-refractivity contribution in [1.82, 2.24) is 9.47 Å². The highest BCUT2D eigenvalue weighted by Crippen LogP contribution is 2.53. The Morgan fingerprint density at radius 2 is 1.86 bits per heavy atom. The molecule has 2 aromatic carbocycles. The third-order valence-electron chi connectivity index (χ3n) is 8.17. The summed E-state index contributed by atoms with van der Waals surface area (Å²) in [6.45, 7) is 0.267. The molecule has 3 atom stereocenters. The molecule has 0 radical (unpaired) electrons. The molecule has 0 spiro atoms. The highest BCUT2D eigenvalue weighted by molar-refractivity contribution is 5.91. The van der Waals surface area contributed by atoms with E-state index in [9.17, 15) is 29.8 Å². The normalized spacial score (nSPS) is 19.1. The molecule has 228 valence electrons. The maximum atomic E-state index is 13.3. The quantitative estimate of drug-likeness (QED) is 0.113. The molecule has 0 amide bonds. The van der Waals surface area contributed by atoms with Gasteiger partial charge in [0.25, 0.3) is 5.69 Å². The molecule has 0 saturated heterocycles. The number of nitro benzene ring substituents is 2. The van der Waals surface area contributed by atoms with Gasteiger partial charge in [-0.1, -0.05) is 24.3 Å². The molecule has 1 aromatic heterocycles. The summed E-state index contributed by atoms with van der Waals surface area (Å²) < 4.78 is 12.1. The van der Waals surface area contributed by atoms with Crippen molar-refractivity contribution in [3.8, 4) is 0 Å². The van der Waals surface area contributed by atoms with E-state index < -0.39 is 33.1 Å². The summed E-state index contributed by atoms with van der Waals surface area (Å²) in [6.07, 6.45) is 6.98. The van der Waals surface area contributed by atoms with Crippen LogP contribution in [0.5, 0.6) is 0 Å². The van der Waals surface area contributed by atoms with Crippen molar-refractivity contribution in [2.45, 2.75) is 18.4 Å². The minimum absolute atomic E-state index is 0.0859. The lowest BCUT2D eigenvalue weighted by Gasteiger charge is -2.45. The number of methoxy groups -OCH3 is 2. The molecule has 0 unspecified atom stereocenters. The fourth-order valence-corrected chi connectivity index (χ4v) is 6.20. The summed E-state index contributed by atoms with van der Waals surface area (Å²) in [5.41, 5.74) is 2.76. The molecule has 5 rings (SSSR count). The van der Waals surface area contributed by atoms with Crippen LogP contribution in [0.25, 0.3) is 10.9 Å². The number of non-ortho nitro benzene ring substituents is 1. The zero-order chi connectivity index (χ0) is 31.7. The van der Waals surface area contributed by atoms with E-state index in [4.69, 9.17) is 9.47 Å². The van der Waals surface area contributed by atoms with E-state index in [1.165, 1.54) is 44.5 Å². The van der Waals surface area contributed by atoms with Crippen LogP contribution < -0.4 is 5.01 Å². The van der Waals surface area contributed by atoms with Crippen molar-refractivity contribution >= 4 is 46.1 Å². The second-order valence-electron chi connectivity index (χ2n) is 10.4. The molecule has 1 aliphatic heterocycles. The molecule has 14 heteroatoms. The highest BCUT2D eigenvalue weighted by atomic mass is 16.6. The number of aryl methyl sites for hydroxylation is 1. The first kappa shape index (κ1) is 29.9. The first-order valence-electron chi connectivity index (χ1n) is 13.6. The van der Waals surface area contributed by atoms with E-state index in [0.717, 1.165) is 33.8 Å². The highest BCUT2D eigenvalue weighted by Gasteiger charge is 2.47. The first-order valence-corrected chi connectivity index (χ1v) is 13.6. The average Bonchev–Trinajstić information content (AvgIpc) is 3.32. The van der Waals surface area contributed by atoms with Gasteiger partial charge >= 0.3 is 17.6 Å². The number of carbonyl (C=O) groups is 2. The lowest BCUT2D eigenvalue weighted by molar-refractivity contribution is -0.393. The molecular formula is C30H30N6O8. The number of nitrogens with zero attached hydrogens (tertiary/aromatic N) is 6. The number of ether oxygens (including phenoxy) is 2. The summed E-state index contributed by atoms with van der Waals surface area (Å²) in [4.78, 5) is 48.7. The Labute approximate surface area is 251 Å². The molecule has 0 saturated carbocycles. The van der Waals surface area contributed by atoms with Gasteiger partial charge in [0.2, 0.25) is 0 Å². The van der Waals surface area contributed by atoms with Crippen molar-refractivity contribution < 1.29 is 28.9 Å². The molecule has 2 heterocycles. The van der Waals surface area contributed by atoms with Crippen LogP contribution in [0.4, 0.5) is 17.1 Å². The third-order valence-corrected chi connectivity index (χ3v) is 8.17. The van der Waals surface area contributed by atoms with Crippen LogP contribution in [-0.2, 0) is 26.1 Å². The summed E-state index contributed by atoms with van der Waals surface area (Å²) in [5, 5.41) is 29.5. The molecule has 0 fully saturated rings. The Morgan fingerprint density at radius 3 is 2.55 bits per heavy atom. The number of hydrazone groups is 1. The van der Waals surface area contributed by atoms with Crippen molar-refractivity contribution in [3.63, 3.8) is 0 Å². The van der Waals surface area contributed by atoms with Gasteiger partial charge in [0.1, 0.15) is 11.6 Å². The average molecular weight is 603 g/mol. The van der Waals surface area contributed by atoms with Crippen LogP contribution in [0.2, 0.25) is 0 Å². The Morgan fingerprint density at radius 1 is 1.11 bits per heavy atom. The van der Waals surface area contributed by atoms with E-state index in [-0.39, 0.29) is 30.2 Å². The summed E-state index contributed by atoms with van der Waals surface area (Å²) in [6, 6.07) is 11.1. The van der Waals surface area contributed by atoms with Crippen molar-refractivity contribution in [3.05, 3.63) is 97.9 Å². The zero-order valence-corrected chi connectivity index (χ0v) is 24.4. The van der Waals surface area contributed by atoms with Crippen molar-refractivity contribution in [2.75, 3.05) is 32.8 Å². The van der Waals surface area contributed by atoms with Crippen LogP contribution in [0.1, 0.15) is 29.6 Å². The van der Waals surface area contributed by atoms with Gasteiger partial charge in [-0.3, -0.25) is 30.0 Å². The van der Waals surface area contributed by atoms with Crippen LogP contribution in [-0.4, -0.2) is 65.3 Å². The van der Waals surface area contributed by atoms with E-state index in [2.05, 4.69) is 5.10 Å². The van der Waals surface area contributed by atoms with Gasteiger partial charge in [-0.05, 0) is 24.1 Å². The standard InChI is InChI=1S/C30H30N6O8/c1-32-22-8-6-5-7-20(22)27-25-16-21(28(29(27)32)30(38)44-4)18(9-12-26(37)43-3)17-34(25)14-13-31-33(2)23-11-10-19(35(39)40)15-24(23)36(41)42/h5-13,15,17,21,25,28H,14,16H2,1-4H3/b12-9+,31-13+/t21-,25-,28-/m0/s1. The number of aromatic nitrogens is 1. The maximum absolute atomic E-state index is 13.3. The van der Waals surface area contributed by atoms with Gasteiger partial charge < -0.3 is 18.9 Å². The molecule has 1 aliphatic carbocycles. The van der Waals surface area contributed by atoms with E-state index >= 15 is 0 Å². The van der Waals surface area contributed by atoms with Gasteiger partial charge in [-0.15, -0.1) is 0 Å². The van der Waals surface area contributed by atoms with Gasteiger partial charge in [0, 0.05) is 66.7 Å². The SMILES string of the molecule is COC(=O)/C=C/C1=CN(C/C=N/N(C)c2ccc([N+](=O)[O-])cc2[N+](=O)[O-])[C@H]2C[C@@H]1[C@H](C(=O)OC)c1c2c2ccccc2n1C. The number of nitro groups is 2. The van der Waals surface area contributed by atoms with Crippen LogP contribution in [0, 0.1) is 26.1 Å². The molecule has 44 heavy (non-hydrogen) atoms. The number of fused-ring (bicyclic) bond motifs is 6. The molecular weight excluding hydrogens is 572 g/mol. The Kier molecular flexibility index (Phi) is 8.16. The molecule has 2 bridgehead atoms.